The lowest BCUT2D eigenvalue weighted by Gasteiger charge is -2.14. The van der Waals surface area contributed by atoms with Crippen molar-refractivity contribution in [3.05, 3.63) is 78.1 Å². The molecule has 1 atom stereocenters. The van der Waals surface area contributed by atoms with Crippen LogP contribution in [0.1, 0.15) is 15.9 Å². The maximum atomic E-state index is 11.9. The predicted octanol–water partition coefficient (Wildman–Crippen LogP) is 2.54. The fraction of sp³-hybridized carbons (Fsp3) is 0.200. The van der Waals surface area contributed by atoms with E-state index in [-0.39, 0.29) is 12.5 Å². The van der Waals surface area contributed by atoms with Crippen LogP contribution in [-0.4, -0.2) is 35.4 Å². The Kier molecular flexibility index (Phi) is 5.72. The van der Waals surface area contributed by atoms with Crippen molar-refractivity contribution in [1.82, 2.24) is 10.3 Å². The van der Waals surface area contributed by atoms with Crippen molar-refractivity contribution in [2.24, 2.45) is 0 Å². The number of nitrogens with one attached hydrogen (secondary N) is 1. The first-order valence-corrected chi connectivity index (χ1v) is 8.18. The van der Waals surface area contributed by atoms with E-state index in [1.165, 1.54) is 6.20 Å². The SMILES string of the molecule is O=C(NCCOC(O)Cc1cccc2ccccc12)c1cccnc1. The maximum Gasteiger partial charge on any atom is 0.252 e. The summed E-state index contributed by atoms with van der Waals surface area (Å²) < 4.78 is 5.41. The van der Waals surface area contributed by atoms with Crippen LogP contribution in [-0.2, 0) is 11.2 Å². The van der Waals surface area contributed by atoms with E-state index < -0.39 is 6.29 Å². The molecule has 1 heterocycles. The van der Waals surface area contributed by atoms with Crippen LogP contribution < -0.4 is 5.32 Å². The van der Waals surface area contributed by atoms with Gasteiger partial charge in [-0.05, 0) is 28.5 Å². The van der Waals surface area contributed by atoms with E-state index in [2.05, 4.69) is 10.3 Å². The molecule has 0 aliphatic heterocycles. The number of aliphatic hydroxyl groups excluding tert-OH is 1. The molecule has 0 spiro atoms. The molecule has 0 aliphatic carbocycles. The van der Waals surface area contributed by atoms with Gasteiger partial charge in [0.1, 0.15) is 0 Å². The second-order valence-corrected chi connectivity index (χ2v) is 5.67. The molecular weight excluding hydrogens is 316 g/mol. The van der Waals surface area contributed by atoms with Crippen molar-refractivity contribution >= 4 is 16.7 Å². The number of nitrogens with zero attached hydrogens (tertiary/aromatic N) is 1. The van der Waals surface area contributed by atoms with Crippen LogP contribution in [0.15, 0.2) is 67.0 Å². The van der Waals surface area contributed by atoms with Gasteiger partial charge in [-0.2, -0.15) is 0 Å². The van der Waals surface area contributed by atoms with Crippen LogP contribution >= 0.6 is 0 Å². The van der Waals surface area contributed by atoms with Gasteiger partial charge in [-0.25, -0.2) is 0 Å². The van der Waals surface area contributed by atoms with Gasteiger partial charge in [0.25, 0.3) is 5.91 Å². The van der Waals surface area contributed by atoms with E-state index in [1.807, 2.05) is 42.5 Å². The summed E-state index contributed by atoms with van der Waals surface area (Å²) in [6.07, 6.45) is 2.61. The predicted molar refractivity (Wildman–Crippen MR) is 96.2 cm³/mol. The quantitative estimate of drug-likeness (QED) is 0.514. The molecule has 0 aliphatic rings. The number of amides is 1. The minimum atomic E-state index is -0.916. The number of hydrogen-bond acceptors (Lipinski definition) is 4. The zero-order valence-corrected chi connectivity index (χ0v) is 13.8. The second kappa shape index (κ2) is 8.37. The molecule has 5 heteroatoms. The fourth-order valence-electron chi connectivity index (χ4n) is 2.68. The van der Waals surface area contributed by atoms with E-state index in [4.69, 9.17) is 4.74 Å². The van der Waals surface area contributed by atoms with Crippen molar-refractivity contribution in [3.63, 3.8) is 0 Å². The third-order valence-corrected chi connectivity index (χ3v) is 3.90. The summed E-state index contributed by atoms with van der Waals surface area (Å²) in [7, 11) is 0. The van der Waals surface area contributed by atoms with Crippen LogP contribution in [0, 0.1) is 0 Å². The van der Waals surface area contributed by atoms with Gasteiger partial charge in [-0.15, -0.1) is 0 Å². The van der Waals surface area contributed by atoms with Crippen molar-refractivity contribution in [1.29, 1.82) is 0 Å². The number of rotatable bonds is 7. The molecule has 0 radical (unpaired) electrons. The van der Waals surface area contributed by atoms with Crippen molar-refractivity contribution in [3.8, 4) is 0 Å². The number of ether oxygens (including phenoxy) is 1. The van der Waals surface area contributed by atoms with Crippen LogP contribution in [0.2, 0.25) is 0 Å². The monoisotopic (exact) mass is 336 g/mol. The molecule has 3 aromatic rings. The summed E-state index contributed by atoms with van der Waals surface area (Å²) in [6, 6.07) is 17.4. The highest BCUT2D eigenvalue weighted by atomic mass is 16.6. The Morgan fingerprint density at radius 2 is 1.96 bits per heavy atom. The number of aliphatic hydroxyl groups is 1. The summed E-state index contributed by atoms with van der Waals surface area (Å²) >= 11 is 0. The zero-order valence-electron chi connectivity index (χ0n) is 13.8. The molecule has 3 rings (SSSR count). The Balaban J connectivity index is 1.47. The minimum Gasteiger partial charge on any atom is -0.368 e. The normalized spacial score (nSPS) is 12.0. The van der Waals surface area contributed by atoms with Gasteiger partial charge >= 0.3 is 0 Å². The Labute approximate surface area is 146 Å². The van der Waals surface area contributed by atoms with Crippen LogP contribution in [0.4, 0.5) is 0 Å². The molecular formula is C20H20N2O3. The van der Waals surface area contributed by atoms with Crippen LogP contribution in [0.3, 0.4) is 0 Å². The third-order valence-electron chi connectivity index (χ3n) is 3.90. The summed E-state index contributed by atoms with van der Waals surface area (Å²) in [4.78, 5) is 15.8. The molecule has 5 nitrogen and oxygen atoms in total. The lowest BCUT2D eigenvalue weighted by atomic mass is 10.0. The van der Waals surface area contributed by atoms with E-state index >= 15 is 0 Å². The zero-order chi connectivity index (χ0) is 17.5. The molecule has 0 saturated heterocycles. The van der Waals surface area contributed by atoms with Gasteiger partial charge < -0.3 is 15.2 Å². The second-order valence-electron chi connectivity index (χ2n) is 5.67. The number of fused-ring (bicyclic) bond motifs is 1. The molecule has 2 aromatic carbocycles. The minimum absolute atomic E-state index is 0.208. The van der Waals surface area contributed by atoms with Crippen molar-refractivity contribution in [2.45, 2.75) is 12.7 Å². The van der Waals surface area contributed by atoms with Crippen LogP contribution in [0.5, 0.6) is 0 Å². The first-order chi connectivity index (χ1) is 12.2. The largest absolute Gasteiger partial charge is 0.368 e. The number of pyridine rings is 1. The Morgan fingerprint density at radius 3 is 2.80 bits per heavy atom. The van der Waals surface area contributed by atoms with Crippen molar-refractivity contribution < 1.29 is 14.6 Å². The number of hydrogen-bond donors (Lipinski definition) is 2. The Hall–Kier alpha value is -2.76. The van der Waals surface area contributed by atoms with Gasteiger partial charge in [0, 0.05) is 25.4 Å². The highest BCUT2D eigenvalue weighted by molar-refractivity contribution is 5.93. The summed E-state index contributed by atoms with van der Waals surface area (Å²) in [5.41, 5.74) is 1.53. The molecule has 25 heavy (non-hydrogen) atoms. The molecule has 1 amide bonds. The van der Waals surface area contributed by atoms with Gasteiger partial charge in [-0.1, -0.05) is 42.5 Å². The van der Waals surface area contributed by atoms with Crippen LogP contribution in [0.25, 0.3) is 10.8 Å². The van der Waals surface area contributed by atoms with E-state index in [0.717, 1.165) is 16.3 Å². The highest BCUT2D eigenvalue weighted by Gasteiger charge is 2.09. The molecule has 128 valence electrons. The average Bonchev–Trinajstić information content (AvgIpc) is 2.66. The Bertz CT molecular complexity index is 831. The fourth-order valence-corrected chi connectivity index (χ4v) is 2.68. The third kappa shape index (κ3) is 4.62. The molecule has 0 fully saturated rings. The van der Waals surface area contributed by atoms with E-state index in [9.17, 15) is 9.90 Å². The summed E-state index contributed by atoms with van der Waals surface area (Å²) in [6.45, 7) is 0.554. The first-order valence-electron chi connectivity index (χ1n) is 8.18. The average molecular weight is 336 g/mol. The number of carbonyl (C=O) groups excluding carboxylic acids is 1. The lowest BCUT2D eigenvalue weighted by molar-refractivity contribution is -0.0954. The summed E-state index contributed by atoms with van der Waals surface area (Å²) in [5.74, 6) is -0.208. The number of aromatic nitrogens is 1. The molecule has 0 saturated carbocycles. The molecule has 0 bridgehead atoms. The summed E-state index contributed by atoms with van der Waals surface area (Å²) in [5, 5.41) is 15.1. The van der Waals surface area contributed by atoms with Gasteiger partial charge in [0.15, 0.2) is 6.29 Å². The number of carbonyl (C=O) groups is 1. The van der Waals surface area contributed by atoms with E-state index in [1.54, 1.807) is 18.3 Å². The molecule has 2 N–H and O–H groups in total. The lowest BCUT2D eigenvalue weighted by Crippen LogP contribution is -2.29. The molecule has 1 unspecified atom stereocenters. The number of benzene rings is 2. The van der Waals surface area contributed by atoms with E-state index in [0.29, 0.717) is 18.5 Å². The van der Waals surface area contributed by atoms with Crippen molar-refractivity contribution in [2.75, 3.05) is 13.2 Å². The van der Waals surface area contributed by atoms with Gasteiger partial charge in [0.2, 0.25) is 0 Å². The topological polar surface area (TPSA) is 71.5 Å². The van der Waals surface area contributed by atoms with Gasteiger partial charge in [-0.3, -0.25) is 9.78 Å². The smallest absolute Gasteiger partial charge is 0.252 e. The standard InChI is InChI=1S/C20H20N2O3/c23-19(13-16-7-3-6-15-5-1-2-9-18(15)16)25-12-11-22-20(24)17-8-4-10-21-14-17/h1-10,14,19,23H,11-13H2,(H,22,24). The molecule has 1 aromatic heterocycles. The first kappa shape index (κ1) is 17.1. The van der Waals surface area contributed by atoms with Gasteiger partial charge in [0.05, 0.1) is 12.2 Å². The Morgan fingerprint density at radius 1 is 1.12 bits per heavy atom. The maximum absolute atomic E-state index is 11.9. The highest BCUT2D eigenvalue weighted by Crippen LogP contribution is 2.19.